The van der Waals surface area contributed by atoms with E-state index in [1.165, 1.54) is 5.48 Å². The maximum atomic E-state index is 11.9. The normalized spacial score (nSPS) is 11.5. The van der Waals surface area contributed by atoms with Crippen molar-refractivity contribution < 1.29 is 14.8 Å². The average molecular weight is 299 g/mol. The number of carbonyl (C=O) groups is 2. The number of rotatable bonds is 5. The van der Waals surface area contributed by atoms with Crippen LogP contribution in [-0.2, 0) is 4.79 Å². The molecule has 0 unspecified atom stereocenters. The van der Waals surface area contributed by atoms with Crippen molar-refractivity contribution in [2.45, 2.75) is 6.04 Å². The molecule has 0 aliphatic rings. The summed E-state index contributed by atoms with van der Waals surface area (Å²) in [7, 11) is 0. The highest BCUT2D eigenvalue weighted by molar-refractivity contribution is 5.95. The first kappa shape index (κ1) is 15.7. The van der Waals surface area contributed by atoms with Crippen LogP contribution in [0.25, 0.3) is 11.1 Å². The van der Waals surface area contributed by atoms with Gasteiger partial charge in [-0.25, -0.2) is 5.48 Å². The first-order chi connectivity index (χ1) is 10.6. The quantitative estimate of drug-likeness (QED) is 0.486. The molecule has 22 heavy (non-hydrogen) atoms. The SMILES string of the molecule is N[C@@H](CNC(=O)c1ccc(-c2ccccc2)cc1)C(=O)NO. The summed E-state index contributed by atoms with van der Waals surface area (Å²) >= 11 is 0. The van der Waals surface area contributed by atoms with Crippen LogP contribution in [-0.4, -0.2) is 29.6 Å². The lowest BCUT2D eigenvalue weighted by Crippen LogP contribution is -2.47. The standard InChI is InChI=1S/C16H17N3O3/c17-14(16(21)19-22)10-18-15(20)13-8-6-12(7-9-13)11-4-2-1-3-5-11/h1-9,14,22H,10,17H2,(H,18,20)(H,19,21)/t14-/m0/s1. The van der Waals surface area contributed by atoms with Crippen molar-refractivity contribution >= 4 is 11.8 Å². The molecule has 0 fully saturated rings. The summed E-state index contributed by atoms with van der Waals surface area (Å²) in [5, 5.41) is 11.0. The van der Waals surface area contributed by atoms with Crippen molar-refractivity contribution in [1.82, 2.24) is 10.8 Å². The zero-order valence-corrected chi connectivity index (χ0v) is 11.8. The number of hydrogen-bond donors (Lipinski definition) is 4. The average Bonchev–Trinajstić information content (AvgIpc) is 2.59. The molecule has 2 rings (SSSR count). The first-order valence-electron chi connectivity index (χ1n) is 6.75. The molecule has 6 heteroatoms. The zero-order chi connectivity index (χ0) is 15.9. The minimum atomic E-state index is -1.00. The van der Waals surface area contributed by atoms with Crippen LogP contribution >= 0.6 is 0 Å². The van der Waals surface area contributed by atoms with E-state index in [0.717, 1.165) is 11.1 Å². The van der Waals surface area contributed by atoms with E-state index in [9.17, 15) is 9.59 Å². The summed E-state index contributed by atoms with van der Waals surface area (Å²) in [6.07, 6.45) is 0. The predicted octanol–water partition coefficient (Wildman–Crippen LogP) is 0.916. The van der Waals surface area contributed by atoms with Crippen molar-refractivity contribution in [3.05, 3.63) is 60.2 Å². The Hall–Kier alpha value is -2.70. The van der Waals surface area contributed by atoms with Crippen LogP contribution in [0.4, 0.5) is 0 Å². The van der Waals surface area contributed by atoms with Crippen LogP contribution in [0.3, 0.4) is 0 Å². The van der Waals surface area contributed by atoms with Gasteiger partial charge in [-0.3, -0.25) is 14.8 Å². The topological polar surface area (TPSA) is 104 Å². The van der Waals surface area contributed by atoms with Gasteiger partial charge in [0.1, 0.15) is 6.04 Å². The maximum Gasteiger partial charge on any atom is 0.262 e. The fourth-order valence-corrected chi connectivity index (χ4v) is 1.92. The summed E-state index contributed by atoms with van der Waals surface area (Å²) in [4.78, 5) is 23.0. The Balaban J connectivity index is 1.98. The third kappa shape index (κ3) is 3.91. The lowest BCUT2D eigenvalue weighted by Gasteiger charge is -2.11. The Labute approximate surface area is 127 Å². The summed E-state index contributed by atoms with van der Waals surface area (Å²) in [5.41, 5.74) is 9.45. The molecule has 1 atom stereocenters. The third-order valence-electron chi connectivity index (χ3n) is 3.18. The minimum absolute atomic E-state index is 0.0638. The summed E-state index contributed by atoms with van der Waals surface area (Å²) in [6.45, 7) is -0.0638. The summed E-state index contributed by atoms with van der Waals surface area (Å²) in [5.74, 6) is -1.08. The third-order valence-corrected chi connectivity index (χ3v) is 3.18. The second-order valence-corrected chi connectivity index (χ2v) is 4.74. The number of hydrogen-bond acceptors (Lipinski definition) is 4. The van der Waals surface area contributed by atoms with Crippen molar-refractivity contribution in [3.63, 3.8) is 0 Å². The maximum absolute atomic E-state index is 11.9. The van der Waals surface area contributed by atoms with E-state index in [2.05, 4.69) is 5.32 Å². The summed E-state index contributed by atoms with van der Waals surface area (Å²) in [6, 6.07) is 15.9. The van der Waals surface area contributed by atoms with Crippen LogP contribution in [0.1, 0.15) is 10.4 Å². The smallest absolute Gasteiger partial charge is 0.262 e. The molecule has 114 valence electrons. The van der Waals surface area contributed by atoms with Gasteiger partial charge in [-0.15, -0.1) is 0 Å². The minimum Gasteiger partial charge on any atom is -0.350 e. The Morgan fingerprint density at radius 2 is 1.59 bits per heavy atom. The Bertz CT molecular complexity index is 641. The van der Waals surface area contributed by atoms with Gasteiger partial charge in [0, 0.05) is 12.1 Å². The molecule has 6 nitrogen and oxygen atoms in total. The second-order valence-electron chi connectivity index (χ2n) is 4.74. The highest BCUT2D eigenvalue weighted by Gasteiger charge is 2.14. The van der Waals surface area contributed by atoms with Gasteiger partial charge in [-0.1, -0.05) is 42.5 Å². The van der Waals surface area contributed by atoms with Crippen LogP contribution in [0.5, 0.6) is 0 Å². The van der Waals surface area contributed by atoms with Gasteiger partial charge in [0.25, 0.3) is 11.8 Å². The molecule has 0 saturated carbocycles. The molecule has 0 aliphatic carbocycles. The molecular weight excluding hydrogens is 282 g/mol. The largest absolute Gasteiger partial charge is 0.350 e. The lowest BCUT2D eigenvalue weighted by atomic mass is 10.0. The van der Waals surface area contributed by atoms with Gasteiger partial charge in [-0.05, 0) is 23.3 Å². The highest BCUT2D eigenvalue weighted by Crippen LogP contribution is 2.19. The molecule has 0 spiro atoms. The molecule has 0 heterocycles. The molecule has 2 amide bonds. The molecule has 2 aromatic carbocycles. The Morgan fingerprint density at radius 3 is 2.18 bits per heavy atom. The first-order valence-corrected chi connectivity index (χ1v) is 6.75. The number of nitrogens with one attached hydrogen (secondary N) is 2. The van der Waals surface area contributed by atoms with Crippen LogP contribution in [0.2, 0.25) is 0 Å². The van der Waals surface area contributed by atoms with Crippen molar-refractivity contribution in [2.24, 2.45) is 5.73 Å². The van der Waals surface area contributed by atoms with Crippen LogP contribution in [0, 0.1) is 0 Å². The molecule has 2 aromatic rings. The Kier molecular flexibility index (Phi) is 5.24. The summed E-state index contributed by atoms with van der Waals surface area (Å²) < 4.78 is 0. The van der Waals surface area contributed by atoms with Gasteiger partial charge < -0.3 is 11.1 Å². The highest BCUT2D eigenvalue weighted by atomic mass is 16.5. The molecule has 0 aliphatic heterocycles. The van der Waals surface area contributed by atoms with Crippen LogP contribution in [0.15, 0.2) is 54.6 Å². The van der Waals surface area contributed by atoms with E-state index in [-0.39, 0.29) is 12.5 Å². The van der Waals surface area contributed by atoms with E-state index in [1.54, 1.807) is 12.1 Å². The van der Waals surface area contributed by atoms with Crippen molar-refractivity contribution in [2.75, 3.05) is 6.54 Å². The number of amides is 2. The van der Waals surface area contributed by atoms with E-state index in [1.807, 2.05) is 42.5 Å². The molecule has 5 N–H and O–H groups in total. The Morgan fingerprint density at radius 1 is 1.00 bits per heavy atom. The van der Waals surface area contributed by atoms with Gasteiger partial charge >= 0.3 is 0 Å². The van der Waals surface area contributed by atoms with Crippen molar-refractivity contribution in [1.29, 1.82) is 0 Å². The van der Waals surface area contributed by atoms with E-state index < -0.39 is 11.9 Å². The molecular formula is C16H17N3O3. The fraction of sp³-hybridized carbons (Fsp3) is 0.125. The predicted molar refractivity (Wildman–Crippen MR) is 82.1 cm³/mol. The monoisotopic (exact) mass is 299 g/mol. The van der Waals surface area contributed by atoms with Crippen LogP contribution < -0.4 is 16.5 Å². The molecule has 0 saturated heterocycles. The van der Waals surface area contributed by atoms with Crippen molar-refractivity contribution in [3.8, 4) is 11.1 Å². The fourth-order valence-electron chi connectivity index (χ4n) is 1.92. The van der Waals surface area contributed by atoms with Gasteiger partial charge in [-0.2, -0.15) is 0 Å². The molecule has 0 bridgehead atoms. The second kappa shape index (κ2) is 7.35. The van der Waals surface area contributed by atoms with Gasteiger partial charge in [0.05, 0.1) is 0 Å². The van der Waals surface area contributed by atoms with E-state index >= 15 is 0 Å². The zero-order valence-electron chi connectivity index (χ0n) is 11.8. The van der Waals surface area contributed by atoms with Gasteiger partial charge in [0.15, 0.2) is 0 Å². The molecule has 0 aromatic heterocycles. The number of benzene rings is 2. The lowest BCUT2D eigenvalue weighted by molar-refractivity contribution is -0.130. The van der Waals surface area contributed by atoms with E-state index in [0.29, 0.717) is 5.56 Å². The van der Waals surface area contributed by atoms with E-state index in [4.69, 9.17) is 10.9 Å². The molecule has 0 radical (unpaired) electrons. The number of carbonyl (C=O) groups excluding carboxylic acids is 2. The van der Waals surface area contributed by atoms with Gasteiger partial charge in [0.2, 0.25) is 0 Å². The number of nitrogens with two attached hydrogens (primary N) is 1. The number of hydroxylamine groups is 1.